The summed E-state index contributed by atoms with van der Waals surface area (Å²) in [5, 5.41) is 1.02. The molecule has 2 rings (SSSR count). The van der Waals surface area contributed by atoms with Gasteiger partial charge in [0.1, 0.15) is 0 Å². The summed E-state index contributed by atoms with van der Waals surface area (Å²) in [6.07, 6.45) is 4.58. The highest BCUT2D eigenvalue weighted by Crippen LogP contribution is 2.21. The lowest BCUT2D eigenvalue weighted by Gasteiger charge is -2.20. The van der Waals surface area contributed by atoms with E-state index in [0.717, 1.165) is 25.9 Å². The van der Waals surface area contributed by atoms with Crippen LogP contribution < -0.4 is 0 Å². The van der Waals surface area contributed by atoms with Crippen molar-refractivity contribution in [1.29, 1.82) is 0 Å². The zero-order valence-electron chi connectivity index (χ0n) is 9.59. The van der Waals surface area contributed by atoms with Gasteiger partial charge in [-0.15, -0.1) is 0 Å². The lowest BCUT2D eigenvalue weighted by molar-refractivity contribution is 0.0761. The topological polar surface area (TPSA) is 20.3 Å². The van der Waals surface area contributed by atoms with Crippen LogP contribution in [0.15, 0.2) is 18.2 Å². The average molecular weight is 272 g/mol. The zero-order valence-corrected chi connectivity index (χ0v) is 11.1. The van der Waals surface area contributed by atoms with Crippen LogP contribution in [0.1, 0.15) is 36.0 Å². The van der Waals surface area contributed by atoms with E-state index < -0.39 is 0 Å². The lowest BCUT2D eigenvalue weighted by atomic mass is 10.2. The van der Waals surface area contributed by atoms with Crippen molar-refractivity contribution in [2.45, 2.75) is 25.7 Å². The highest BCUT2D eigenvalue weighted by atomic mass is 35.5. The number of hydrogen-bond acceptors (Lipinski definition) is 1. The average Bonchev–Trinajstić information content (AvgIpc) is 2.55. The number of hydrogen-bond donors (Lipinski definition) is 0. The van der Waals surface area contributed by atoms with Gasteiger partial charge in [-0.3, -0.25) is 4.79 Å². The maximum atomic E-state index is 12.3. The number of carbonyl (C=O) groups is 1. The number of likely N-dealkylation sites (tertiary alicyclic amines) is 1. The highest BCUT2D eigenvalue weighted by Gasteiger charge is 2.17. The van der Waals surface area contributed by atoms with Gasteiger partial charge in [-0.1, -0.05) is 36.0 Å². The second-order valence-electron chi connectivity index (χ2n) is 4.36. The Bertz CT molecular complexity index is 392. The molecule has 1 fully saturated rings. The van der Waals surface area contributed by atoms with Crippen molar-refractivity contribution in [1.82, 2.24) is 4.90 Å². The maximum absolute atomic E-state index is 12.3. The second kappa shape index (κ2) is 5.74. The Morgan fingerprint density at radius 2 is 1.47 bits per heavy atom. The van der Waals surface area contributed by atoms with Gasteiger partial charge in [0.05, 0.1) is 0 Å². The first-order chi connectivity index (χ1) is 8.16. The van der Waals surface area contributed by atoms with Crippen LogP contribution in [0.4, 0.5) is 0 Å². The third-order valence-electron chi connectivity index (χ3n) is 3.00. The summed E-state index contributed by atoms with van der Waals surface area (Å²) in [4.78, 5) is 14.2. The predicted octanol–water partition coefficient (Wildman–Crippen LogP) is 4.01. The molecule has 0 radical (unpaired) electrons. The molecule has 92 valence electrons. The van der Waals surface area contributed by atoms with E-state index >= 15 is 0 Å². The summed E-state index contributed by atoms with van der Waals surface area (Å²) in [5.74, 6) is 0.0382. The van der Waals surface area contributed by atoms with Crippen LogP contribution in [-0.2, 0) is 0 Å². The van der Waals surface area contributed by atoms with Gasteiger partial charge in [-0.25, -0.2) is 0 Å². The van der Waals surface area contributed by atoms with Gasteiger partial charge >= 0.3 is 0 Å². The van der Waals surface area contributed by atoms with E-state index in [1.165, 1.54) is 12.8 Å². The Hall–Kier alpha value is -0.730. The molecule has 1 heterocycles. The first kappa shape index (κ1) is 12.7. The van der Waals surface area contributed by atoms with Gasteiger partial charge < -0.3 is 4.90 Å². The Morgan fingerprint density at radius 3 is 2.00 bits per heavy atom. The van der Waals surface area contributed by atoms with E-state index in [0.29, 0.717) is 15.6 Å². The largest absolute Gasteiger partial charge is 0.339 e. The molecule has 4 heteroatoms. The van der Waals surface area contributed by atoms with E-state index in [2.05, 4.69) is 0 Å². The van der Waals surface area contributed by atoms with E-state index in [4.69, 9.17) is 23.2 Å². The third-order valence-corrected chi connectivity index (χ3v) is 3.44. The zero-order chi connectivity index (χ0) is 12.3. The number of amides is 1. The minimum atomic E-state index is 0.0382. The Kier molecular flexibility index (Phi) is 4.30. The molecule has 2 nitrogen and oxygen atoms in total. The van der Waals surface area contributed by atoms with E-state index in [-0.39, 0.29) is 5.91 Å². The fraction of sp³-hybridized carbons (Fsp3) is 0.462. The highest BCUT2D eigenvalue weighted by molar-refractivity contribution is 6.35. The molecule has 0 aromatic heterocycles. The molecule has 1 aliphatic heterocycles. The molecule has 0 bridgehead atoms. The fourth-order valence-corrected chi connectivity index (χ4v) is 2.66. The minimum absolute atomic E-state index is 0.0382. The van der Waals surface area contributed by atoms with Gasteiger partial charge in [0.25, 0.3) is 5.91 Å². The summed E-state index contributed by atoms with van der Waals surface area (Å²) in [5.41, 5.74) is 0.587. The van der Waals surface area contributed by atoms with Crippen LogP contribution in [0.3, 0.4) is 0 Å². The van der Waals surface area contributed by atoms with Gasteiger partial charge in [-0.05, 0) is 31.0 Å². The van der Waals surface area contributed by atoms with Gasteiger partial charge in [-0.2, -0.15) is 0 Å². The molecule has 0 saturated carbocycles. The van der Waals surface area contributed by atoms with Gasteiger partial charge in [0.2, 0.25) is 0 Å². The molecule has 1 amide bonds. The summed E-state index contributed by atoms with van der Waals surface area (Å²) in [6.45, 7) is 1.67. The normalized spacial score (nSPS) is 16.7. The summed E-state index contributed by atoms with van der Waals surface area (Å²) >= 11 is 11.8. The van der Waals surface area contributed by atoms with E-state index in [9.17, 15) is 4.79 Å². The molecular formula is C13H15Cl2NO. The van der Waals surface area contributed by atoms with Crippen molar-refractivity contribution >= 4 is 29.1 Å². The van der Waals surface area contributed by atoms with Crippen LogP contribution in [0.5, 0.6) is 0 Å². The van der Waals surface area contributed by atoms with Crippen molar-refractivity contribution in [3.63, 3.8) is 0 Å². The molecule has 1 saturated heterocycles. The minimum Gasteiger partial charge on any atom is -0.339 e. The van der Waals surface area contributed by atoms with E-state index in [1.54, 1.807) is 18.2 Å². The molecule has 1 aromatic rings. The molecule has 1 aromatic carbocycles. The quantitative estimate of drug-likeness (QED) is 0.756. The summed E-state index contributed by atoms with van der Waals surface area (Å²) < 4.78 is 0. The first-order valence-electron chi connectivity index (χ1n) is 5.92. The molecule has 1 aliphatic rings. The first-order valence-corrected chi connectivity index (χ1v) is 6.68. The van der Waals surface area contributed by atoms with Gasteiger partial charge in [0, 0.05) is 28.7 Å². The van der Waals surface area contributed by atoms with Crippen LogP contribution in [0, 0.1) is 0 Å². The fourth-order valence-electron chi connectivity index (χ4n) is 2.13. The number of nitrogens with zero attached hydrogens (tertiary/aromatic N) is 1. The van der Waals surface area contributed by atoms with Gasteiger partial charge in [0.15, 0.2) is 0 Å². The molecule has 0 unspecified atom stereocenters. The number of carbonyl (C=O) groups excluding carboxylic acids is 1. The number of halogens is 2. The number of rotatable bonds is 1. The molecule has 0 spiro atoms. The van der Waals surface area contributed by atoms with Crippen molar-refractivity contribution in [3.8, 4) is 0 Å². The molecule has 0 aliphatic carbocycles. The standard InChI is InChI=1S/C13H15Cl2NO/c14-11-7-10(8-12(15)9-11)13(17)16-5-3-1-2-4-6-16/h7-9H,1-6H2. The van der Waals surface area contributed by atoms with Crippen molar-refractivity contribution in [2.75, 3.05) is 13.1 Å². The predicted molar refractivity (Wildman–Crippen MR) is 70.8 cm³/mol. The van der Waals surface area contributed by atoms with Crippen molar-refractivity contribution < 1.29 is 4.79 Å². The third kappa shape index (κ3) is 3.36. The lowest BCUT2D eigenvalue weighted by Crippen LogP contribution is -2.31. The molecule has 0 N–H and O–H groups in total. The van der Waals surface area contributed by atoms with Crippen molar-refractivity contribution in [2.24, 2.45) is 0 Å². The monoisotopic (exact) mass is 271 g/mol. The molecule has 17 heavy (non-hydrogen) atoms. The molecule has 0 atom stereocenters. The van der Waals surface area contributed by atoms with Crippen LogP contribution in [-0.4, -0.2) is 23.9 Å². The van der Waals surface area contributed by atoms with E-state index in [1.807, 2.05) is 4.90 Å². The Labute approximate surface area is 112 Å². The summed E-state index contributed by atoms with van der Waals surface area (Å²) in [6, 6.07) is 5.00. The smallest absolute Gasteiger partial charge is 0.253 e. The Morgan fingerprint density at radius 1 is 0.941 bits per heavy atom. The van der Waals surface area contributed by atoms with Crippen molar-refractivity contribution in [3.05, 3.63) is 33.8 Å². The Balaban J connectivity index is 2.17. The number of benzene rings is 1. The van der Waals surface area contributed by atoms with Crippen LogP contribution in [0.25, 0.3) is 0 Å². The summed E-state index contributed by atoms with van der Waals surface area (Å²) in [7, 11) is 0. The SMILES string of the molecule is O=C(c1cc(Cl)cc(Cl)c1)N1CCCCCC1. The van der Waals surface area contributed by atoms with Crippen LogP contribution in [0.2, 0.25) is 10.0 Å². The molecular weight excluding hydrogens is 257 g/mol. The van der Waals surface area contributed by atoms with Crippen LogP contribution >= 0.6 is 23.2 Å². The second-order valence-corrected chi connectivity index (χ2v) is 5.24. The maximum Gasteiger partial charge on any atom is 0.253 e.